The Hall–Kier alpha value is -1.75. The number of imide groups is 1. The van der Waals surface area contributed by atoms with Crippen molar-refractivity contribution < 1.29 is 9.59 Å². The summed E-state index contributed by atoms with van der Waals surface area (Å²) < 4.78 is 0. The van der Waals surface area contributed by atoms with E-state index in [-0.39, 0.29) is 29.7 Å². The van der Waals surface area contributed by atoms with Crippen LogP contribution in [0.2, 0.25) is 0 Å². The Morgan fingerprint density at radius 1 is 1.35 bits per heavy atom. The van der Waals surface area contributed by atoms with E-state index in [0.717, 1.165) is 12.0 Å². The summed E-state index contributed by atoms with van der Waals surface area (Å²) >= 11 is 0. The van der Waals surface area contributed by atoms with Crippen molar-refractivity contribution in [3.8, 4) is 0 Å². The van der Waals surface area contributed by atoms with E-state index in [1.54, 1.807) is 12.4 Å². The second-order valence-corrected chi connectivity index (χ2v) is 5.63. The summed E-state index contributed by atoms with van der Waals surface area (Å²) in [5, 5.41) is 0. The standard InChI is InChI=1S/C15H19N3O2/c1-3-7-18-14(19)11-9-17(2)13(12(11)15(18)20)10-5-4-6-16-8-10/h4-6,8,11-13H,3,7,9H2,1-2H3/t11-,12-,13+/m1/s1. The molecule has 2 saturated heterocycles. The molecule has 0 aromatic carbocycles. The predicted octanol–water partition coefficient (Wildman–Crippen LogP) is 1.08. The van der Waals surface area contributed by atoms with E-state index in [4.69, 9.17) is 0 Å². The van der Waals surface area contributed by atoms with Gasteiger partial charge in [-0.05, 0) is 25.1 Å². The van der Waals surface area contributed by atoms with E-state index < -0.39 is 0 Å². The molecule has 0 aliphatic carbocycles. The summed E-state index contributed by atoms with van der Waals surface area (Å²) in [7, 11) is 1.97. The van der Waals surface area contributed by atoms with Gasteiger partial charge in [-0.2, -0.15) is 0 Å². The van der Waals surface area contributed by atoms with Gasteiger partial charge in [0.15, 0.2) is 0 Å². The molecule has 0 radical (unpaired) electrons. The van der Waals surface area contributed by atoms with Gasteiger partial charge in [0.2, 0.25) is 11.8 Å². The molecule has 1 aromatic heterocycles. The van der Waals surface area contributed by atoms with Crippen molar-refractivity contribution in [2.45, 2.75) is 19.4 Å². The summed E-state index contributed by atoms with van der Waals surface area (Å²) in [6.45, 7) is 3.17. The number of pyridine rings is 1. The number of hydrogen-bond donors (Lipinski definition) is 0. The summed E-state index contributed by atoms with van der Waals surface area (Å²) in [6, 6.07) is 3.82. The molecule has 20 heavy (non-hydrogen) atoms. The fourth-order valence-corrected chi connectivity index (χ4v) is 3.52. The second-order valence-electron chi connectivity index (χ2n) is 5.63. The summed E-state index contributed by atoms with van der Waals surface area (Å²) in [5.41, 5.74) is 1.02. The molecule has 2 aliphatic heterocycles. The van der Waals surface area contributed by atoms with Crippen LogP contribution in [0.5, 0.6) is 0 Å². The molecule has 2 fully saturated rings. The molecule has 5 nitrogen and oxygen atoms in total. The molecule has 1 aromatic rings. The Morgan fingerprint density at radius 2 is 2.15 bits per heavy atom. The van der Waals surface area contributed by atoms with Crippen LogP contribution in [0, 0.1) is 11.8 Å². The van der Waals surface area contributed by atoms with Gasteiger partial charge in [-0.1, -0.05) is 13.0 Å². The highest BCUT2D eigenvalue weighted by atomic mass is 16.2. The first-order chi connectivity index (χ1) is 9.65. The van der Waals surface area contributed by atoms with Gasteiger partial charge in [-0.15, -0.1) is 0 Å². The van der Waals surface area contributed by atoms with Crippen LogP contribution >= 0.6 is 0 Å². The van der Waals surface area contributed by atoms with Crippen LogP contribution in [0.15, 0.2) is 24.5 Å². The first-order valence-electron chi connectivity index (χ1n) is 7.10. The number of hydrogen-bond acceptors (Lipinski definition) is 4. The zero-order valence-corrected chi connectivity index (χ0v) is 11.8. The van der Waals surface area contributed by atoms with E-state index in [1.165, 1.54) is 4.90 Å². The third-order valence-corrected chi connectivity index (χ3v) is 4.34. The zero-order valence-electron chi connectivity index (χ0n) is 11.8. The average Bonchev–Trinajstić information content (AvgIpc) is 2.91. The van der Waals surface area contributed by atoms with Gasteiger partial charge in [-0.3, -0.25) is 24.4 Å². The lowest BCUT2D eigenvalue weighted by molar-refractivity contribution is -0.141. The van der Waals surface area contributed by atoms with E-state index in [0.29, 0.717) is 13.1 Å². The second kappa shape index (κ2) is 4.98. The Balaban J connectivity index is 1.94. The monoisotopic (exact) mass is 273 g/mol. The van der Waals surface area contributed by atoms with Crippen molar-refractivity contribution in [1.29, 1.82) is 0 Å². The van der Waals surface area contributed by atoms with Gasteiger partial charge < -0.3 is 0 Å². The van der Waals surface area contributed by atoms with Gasteiger partial charge in [0, 0.05) is 31.5 Å². The zero-order chi connectivity index (χ0) is 14.3. The Labute approximate surface area is 118 Å². The smallest absolute Gasteiger partial charge is 0.235 e. The third-order valence-electron chi connectivity index (χ3n) is 4.34. The van der Waals surface area contributed by atoms with Gasteiger partial charge in [0.05, 0.1) is 11.8 Å². The highest BCUT2D eigenvalue weighted by molar-refractivity contribution is 6.06. The number of fused-ring (bicyclic) bond motifs is 1. The van der Waals surface area contributed by atoms with Crippen molar-refractivity contribution in [1.82, 2.24) is 14.8 Å². The maximum atomic E-state index is 12.6. The number of likely N-dealkylation sites (tertiary alicyclic amines) is 2. The number of carbonyl (C=O) groups is 2. The Morgan fingerprint density at radius 3 is 2.80 bits per heavy atom. The van der Waals surface area contributed by atoms with Crippen LogP contribution in [0.3, 0.4) is 0 Å². The van der Waals surface area contributed by atoms with Crippen molar-refractivity contribution in [2.75, 3.05) is 20.1 Å². The maximum Gasteiger partial charge on any atom is 0.235 e. The molecule has 0 saturated carbocycles. The molecule has 3 rings (SSSR count). The van der Waals surface area contributed by atoms with Gasteiger partial charge in [-0.25, -0.2) is 0 Å². The normalized spacial score (nSPS) is 30.1. The van der Waals surface area contributed by atoms with Gasteiger partial charge in [0.1, 0.15) is 0 Å². The van der Waals surface area contributed by atoms with E-state index in [9.17, 15) is 9.59 Å². The van der Waals surface area contributed by atoms with E-state index in [1.807, 2.05) is 26.1 Å². The van der Waals surface area contributed by atoms with E-state index >= 15 is 0 Å². The molecule has 0 spiro atoms. The average molecular weight is 273 g/mol. The van der Waals surface area contributed by atoms with Crippen molar-refractivity contribution in [3.05, 3.63) is 30.1 Å². The number of carbonyl (C=O) groups excluding carboxylic acids is 2. The molecule has 3 atom stereocenters. The molecule has 5 heteroatoms. The van der Waals surface area contributed by atoms with Crippen LogP contribution in [0.4, 0.5) is 0 Å². The summed E-state index contributed by atoms with van der Waals surface area (Å²) in [5.74, 6) is -0.451. The maximum absolute atomic E-state index is 12.6. The van der Waals surface area contributed by atoms with Crippen LogP contribution in [-0.2, 0) is 9.59 Å². The molecular weight excluding hydrogens is 254 g/mol. The molecule has 0 unspecified atom stereocenters. The molecule has 3 heterocycles. The number of rotatable bonds is 3. The minimum absolute atomic E-state index is 0.0000836. The van der Waals surface area contributed by atoms with E-state index in [2.05, 4.69) is 9.88 Å². The first kappa shape index (κ1) is 13.2. The lowest BCUT2D eigenvalue weighted by atomic mass is 9.89. The Kier molecular flexibility index (Phi) is 3.30. The minimum Gasteiger partial charge on any atom is -0.298 e. The van der Waals surface area contributed by atoms with Crippen LogP contribution in [0.25, 0.3) is 0 Å². The predicted molar refractivity (Wildman–Crippen MR) is 73.6 cm³/mol. The molecule has 2 aliphatic rings. The van der Waals surface area contributed by atoms with Crippen LogP contribution in [0.1, 0.15) is 24.9 Å². The highest BCUT2D eigenvalue weighted by Gasteiger charge is 2.56. The third kappa shape index (κ3) is 1.85. The number of nitrogens with zero attached hydrogens (tertiary/aromatic N) is 3. The van der Waals surface area contributed by atoms with Gasteiger partial charge >= 0.3 is 0 Å². The highest BCUT2D eigenvalue weighted by Crippen LogP contribution is 2.45. The van der Waals surface area contributed by atoms with Gasteiger partial charge in [0.25, 0.3) is 0 Å². The SMILES string of the molecule is CCCN1C(=O)[C@@H]2[C@@H](CN(C)[C@H]2c2cccnc2)C1=O. The number of aromatic nitrogens is 1. The summed E-state index contributed by atoms with van der Waals surface area (Å²) in [6.07, 6.45) is 4.33. The lowest BCUT2D eigenvalue weighted by Crippen LogP contribution is -2.36. The molecule has 0 bridgehead atoms. The topological polar surface area (TPSA) is 53.5 Å². The Bertz CT molecular complexity index is 531. The minimum atomic E-state index is -0.247. The molecule has 0 N–H and O–H groups in total. The quantitative estimate of drug-likeness (QED) is 0.773. The fraction of sp³-hybridized carbons (Fsp3) is 0.533. The fourth-order valence-electron chi connectivity index (χ4n) is 3.52. The van der Waals surface area contributed by atoms with Crippen molar-refractivity contribution in [3.63, 3.8) is 0 Å². The molecule has 2 amide bonds. The van der Waals surface area contributed by atoms with Crippen molar-refractivity contribution in [2.24, 2.45) is 11.8 Å². The number of amides is 2. The van der Waals surface area contributed by atoms with Crippen LogP contribution in [-0.4, -0.2) is 46.7 Å². The molecular formula is C15H19N3O2. The van der Waals surface area contributed by atoms with Crippen molar-refractivity contribution >= 4 is 11.8 Å². The lowest BCUT2D eigenvalue weighted by Gasteiger charge is -2.25. The largest absolute Gasteiger partial charge is 0.298 e. The molecule has 106 valence electrons. The van der Waals surface area contributed by atoms with Crippen LogP contribution < -0.4 is 0 Å². The summed E-state index contributed by atoms with van der Waals surface area (Å²) in [4.78, 5) is 32.6. The first-order valence-corrected chi connectivity index (χ1v) is 7.10.